The molecule has 0 fully saturated rings. The van der Waals surface area contributed by atoms with Crippen LogP contribution in [0.4, 0.5) is 4.39 Å². The second-order valence-corrected chi connectivity index (χ2v) is 7.48. The van der Waals surface area contributed by atoms with Crippen LogP contribution in [0.25, 0.3) is 21.9 Å². The highest BCUT2D eigenvalue weighted by Gasteiger charge is 2.19. The standard InChI is InChI=1S/C23H23FN4O2/c1-3-15(2)26-20(29)13-28-19-10-9-17(24)11-18(19)21-22(28)23(30)27(14-25-21)12-16-7-5-4-6-8-16/h4-11,14-15H,3,12-13H2,1-2H3,(H,26,29)/t15-/m0/s1. The van der Waals surface area contributed by atoms with Crippen LogP contribution in [0.3, 0.4) is 0 Å². The van der Waals surface area contributed by atoms with Gasteiger partial charge in [-0.15, -0.1) is 0 Å². The number of rotatable bonds is 6. The second kappa shape index (κ2) is 8.10. The zero-order valence-corrected chi connectivity index (χ0v) is 16.9. The predicted molar refractivity (Wildman–Crippen MR) is 115 cm³/mol. The zero-order chi connectivity index (χ0) is 21.3. The highest BCUT2D eigenvalue weighted by atomic mass is 19.1. The van der Waals surface area contributed by atoms with Gasteiger partial charge >= 0.3 is 0 Å². The lowest BCUT2D eigenvalue weighted by molar-refractivity contribution is -0.122. The van der Waals surface area contributed by atoms with E-state index >= 15 is 0 Å². The van der Waals surface area contributed by atoms with E-state index in [2.05, 4.69) is 10.3 Å². The third-order valence-electron chi connectivity index (χ3n) is 5.31. The van der Waals surface area contributed by atoms with Crippen LogP contribution in [0, 0.1) is 5.82 Å². The number of nitrogens with one attached hydrogen (secondary N) is 1. The smallest absolute Gasteiger partial charge is 0.278 e. The Morgan fingerprint density at radius 3 is 2.70 bits per heavy atom. The average Bonchev–Trinajstić information content (AvgIpc) is 3.04. The van der Waals surface area contributed by atoms with E-state index < -0.39 is 5.82 Å². The SMILES string of the molecule is CC[C@H](C)NC(=O)Cn1c2ccc(F)cc2c2ncn(Cc3ccccc3)c(=O)c21. The van der Waals surface area contributed by atoms with Crippen LogP contribution in [0.1, 0.15) is 25.8 Å². The molecular formula is C23H23FN4O2. The van der Waals surface area contributed by atoms with E-state index in [1.54, 1.807) is 10.6 Å². The fourth-order valence-electron chi connectivity index (χ4n) is 3.60. The molecule has 0 saturated carbocycles. The van der Waals surface area contributed by atoms with Crippen LogP contribution in [0.15, 0.2) is 59.7 Å². The van der Waals surface area contributed by atoms with Crippen molar-refractivity contribution in [1.82, 2.24) is 19.4 Å². The number of hydrogen-bond donors (Lipinski definition) is 1. The summed E-state index contributed by atoms with van der Waals surface area (Å²) < 4.78 is 17.1. The number of carbonyl (C=O) groups excluding carboxylic acids is 1. The van der Waals surface area contributed by atoms with Crippen molar-refractivity contribution in [3.05, 3.63) is 76.6 Å². The van der Waals surface area contributed by atoms with Crippen molar-refractivity contribution in [2.45, 2.75) is 39.4 Å². The first-order chi connectivity index (χ1) is 14.5. The molecule has 7 heteroatoms. The summed E-state index contributed by atoms with van der Waals surface area (Å²) in [5, 5.41) is 3.44. The maximum absolute atomic E-state index is 13.9. The van der Waals surface area contributed by atoms with Crippen molar-refractivity contribution in [2.24, 2.45) is 0 Å². The van der Waals surface area contributed by atoms with Crippen molar-refractivity contribution in [3.63, 3.8) is 0 Å². The van der Waals surface area contributed by atoms with Crippen LogP contribution in [-0.2, 0) is 17.9 Å². The van der Waals surface area contributed by atoms with Gasteiger partial charge in [0.05, 0.1) is 18.4 Å². The number of benzene rings is 2. The maximum Gasteiger partial charge on any atom is 0.278 e. The molecule has 0 saturated heterocycles. The third-order valence-corrected chi connectivity index (χ3v) is 5.31. The van der Waals surface area contributed by atoms with Gasteiger partial charge in [-0.3, -0.25) is 14.2 Å². The van der Waals surface area contributed by atoms with Crippen LogP contribution in [0.5, 0.6) is 0 Å². The second-order valence-electron chi connectivity index (χ2n) is 7.48. The molecule has 2 aromatic heterocycles. The molecule has 1 atom stereocenters. The van der Waals surface area contributed by atoms with E-state index in [1.807, 2.05) is 44.2 Å². The van der Waals surface area contributed by atoms with E-state index in [-0.39, 0.29) is 24.1 Å². The molecule has 0 aliphatic heterocycles. The summed E-state index contributed by atoms with van der Waals surface area (Å²) in [7, 11) is 0. The van der Waals surface area contributed by atoms with Gasteiger partial charge in [0.25, 0.3) is 5.56 Å². The first-order valence-corrected chi connectivity index (χ1v) is 9.98. The molecule has 30 heavy (non-hydrogen) atoms. The summed E-state index contributed by atoms with van der Waals surface area (Å²) in [4.78, 5) is 30.4. The highest BCUT2D eigenvalue weighted by molar-refractivity contribution is 6.06. The van der Waals surface area contributed by atoms with E-state index in [0.29, 0.717) is 28.5 Å². The van der Waals surface area contributed by atoms with Crippen LogP contribution in [0.2, 0.25) is 0 Å². The van der Waals surface area contributed by atoms with Crippen molar-refractivity contribution in [2.75, 3.05) is 0 Å². The lowest BCUT2D eigenvalue weighted by Gasteiger charge is -2.13. The van der Waals surface area contributed by atoms with E-state index in [9.17, 15) is 14.0 Å². The third kappa shape index (κ3) is 3.70. The van der Waals surface area contributed by atoms with Crippen molar-refractivity contribution in [3.8, 4) is 0 Å². The fourth-order valence-corrected chi connectivity index (χ4v) is 3.60. The Bertz CT molecular complexity index is 1280. The van der Waals surface area contributed by atoms with Gasteiger partial charge in [-0.1, -0.05) is 37.3 Å². The van der Waals surface area contributed by atoms with Gasteiger partial charge in [0.1, 0.15) is 23.4 Å². The van der Waals surface area contributed by atoms with Crippen LogP contribution >= 0.6 is 0 Å². The van der Waals surface area contributed by atoms with E-state index in [0.717, 1.165) is 12.0 Å². The Morgan fingerprint density at radius 1 is 1.20 bits per heavy atom. The van der Waals surface area contributed by atoms with Crippen LogP contribution < -0.4 is 10.9 Å². The van der Waals surface area contributed by atoms with Crippen molar-refractivity contribution < 1.29 is 9.18 Å². The minimum atomic E-state index is -0.416. The molecule has 6 nitrogen and oxygen atoms in total. The number of amides is 1. The van der Waals surface area contributed by atoms with Gasteiger partial charge in [0, 0.05) is 11.4 Å². The minimum Gasteiger partial charge on any atom is -0.352 e. The molecule has 0 aliphatic carbocycles. The van der Waals surface area contributed by atoms with Gasteiger partial charge in [-0.2, -0.15) is 0 Å². The Morgan fingerprint density at radius 2 is 1.97 bits per heavy atom. The highest BCUT2D eigenvalue weighted by Crippen LogP contribution is 2.26. The first-order valence-electron chi connectivity index (χ1n) is 9.98. The number of carbonyl (C=O) groups is 1. The van der Waals surface area contributed by atoms with Gasteiger partial charge in [-0.25, -0.2) is 9.37 Å². The predicted octanol–water partition coefficient (Wildman–Crippen LogP) is 3.45. The number of fused-ring (bicyclic) bond motifs is 3. The topological polar surface area (TPSA) is 68.9 Å². The number of aromatic nitrogens is 3. The average molecular weight is 406 g/mol. The summed E-state index contributed by atoms with van der Waals surface area (Å²) >= 11 is 0. The molecule has 0 radical (unpaired) electrons. The van der Waals surface area contributed by atoms with Crippen molar-refractivity contribution >= 4 is 27.8 Å². The van der Waals surface area contributed by atoms with E-state index in [1.165, 1.54) is 23.0 Å². The lowest BCUT2D eigenvalue weighted by atomic mass is 10.2. The van der Waals surface area contributed by atoms with Gasteiger partial charge in [0.15, 0.2) is 0 Å². The number of nitrogens with zero attached hydrogens (tertiary/aromatic N) is 3. The molecule has 0 aliphatic rings. The summed E-state index contributed by atoms with van der Waals surface area (Å²) in [6.45, 7) is 4.23. The molecule has 2 aromatic carbocycles. The molecule has 2 heterocycles. The summed E-state index contributed by atoms with van der Waals surface area (Å²) in [6, 6.07) is 13.9. The van der Waals surface area contributed by atoms with Crippen LogP contribution in [-0.4, -0.2) is 26.1 Å². The Hall–Kier alpha value is -3.48. The van der Waals surface area contributed by atoms with Gasteiger partial charge < -0.3 is 9.88 Å². The van der Waals surface area contributed by atoms with Gasteiger partial charge in [-0.05, 0) is 37.1 Å². The van der Waals surface area contributed by atoms with Crippen molar-refractivity contribution in [1.29, 1.82) is 0 Å². The minimum absolute atomic E-state index is 0.0240. The zero-order valence-electron chi connectivity index (χ0n) is 16.9. The molecular weight excluding hydrogens is 383 g/mol. The number of hydrogen-bond acceptors (Lipinski definition) is 3. The van der Waals surface area contributed by atoms with Gasteiger partial charge in [0.2, 0.25) is 5.91 Å². The largest absolute Gasteiger partial charge is 0.352 e. The fraction of sp³-hybridized carbons (Fsp3) is 0.261. The first kappa shape index (κ1) is 19.8. The molecule has 0 spiro atoms. The Kier molecular flexibility index (Phi) is 5.35. The molecule has 1 amide bonds. The quantitative estimate of drug-likeness (QED) is 0.533. The summed E-state index contributed by atoms with van der Waals surface area (Å²) in [6.07, 6.45) is 2.28. The Labute approximate surface area is 173 Å². The van der Waals surface area contributed by atoms with E-state index in [4.69, 9.17) is 0 Å². The molecule has 154 valence electrons. The summed E-state index contributed by atoms with van der Waals surface area (Å²) in [5.74, 6) is -0.619. The molecule has 4 aromatic rings. The molecule has 0 bridgehead atoms. The molecule has 1 N–H and O–H groups in total. The lowest BCUT2D eigenvalue weighted by Crippen LogP contribution is -2.35. The normalized spacial score (nSPS) is 12.4. The molecule has 4 rings (SSSR count). The molecule has 0 unspecified atom stereocenters. The Balaban J connectivity index is 1.87. The monoisotopic (exact) mass is 406 g/mol. The number of halogens is 1. The maximum atomic E-state index is 13.9. The summed E-state index contributed by atoms with van der Waals surface area (Å²) in [5.41, 5.74) is 2.00.